The Balaban J connectivity index is 1.82. The van der Waals surface area contributed by atoms with Gasteiger partial charge in [0.05, 0.1) is 6.61 Å². The van der Waals surface area contributed by atoms with Gasteiger partial charge in [-0.3, -0.25) is 9.89 Å². The molecule has 0 aromatic heterocycles. The number of benzene rings is 1. The minimum absolute atomic E-state index is 0.425. The highest BCUT2D eigenvalue weighted by Crippen LogP contribution is 2.18. The molecule has 2 unspecified atom stereocenters. The van der Waals surface area contributed by atoms with Crippen molar-refractivity contribution in [3.63, 3.8) is 0 Å². The lowest BCUT2D eigenvalue weighted by molar-refractivity contribution is 0.172. The van der Waals surface area contributed by atoms with Crippen LogP contribution in [0.15, 0.2) is 29.3 Å². The summed E-state index contributed by atoms with van der Waals surface area (Å²) in [5.41, 5.74) is 1.17. The van der Waals surface area contributed by atoms with Gasteiger partial charge in [-0.2, -0.15) is 0 Å². The van der Waals surface area contributed by atoms with Gasteiger partial charge in [-0.15, -0.1) is 0 Å². The summed E-state index contributed by atoms with van der Waals surface area (Å²) in [5, 5.41) is 7.01. The van der Waals surface area contributed by atoms with Crippen molar-refractivity contribution in [3.8, 4) is 5.75 Å². The van der Waals surface area contributed by atoms with Gasteiger partial charge >= 0.3 is 0 Å². The third kappa shape index (κ3) is 7.03. The van der Waals surface area contributed by atoms with Crippen LogP contribution in [0.4, 0.5) is 0 Å². The first kappa shape index (κ1) is 21.5. The molecule has 0 amide bonds. The molecule has 6 nitrogen and oxygen atoms in total. The van der Waals surface area contributed by atoms with E-state index in [-0.39, 0.29) is 0 Å². The summed E-state index contributed by atoms with van der Waals surface area (Å²) in [6.07, 6.45) is 0.891. The fraction of sp³-hybridized carbons (Fsp3) is 0.667. The van der Waals surface area contributed by atoms with Gasteiger partial charge in [-0.1, -0.05) is 19.1 Å². The molecular formula is C21H36N4O2. The number of nitrogens with zero attached hydrogens (tertiary/aromatic N) is 2. The van der Waals surface area contributed by atoms with Crippen LogP contribution < -0.4 is 15.4 Å². The van der Waals surface area contributed by atoms with E-state index in [0.717, 1.165) is 37.8 Å². The average molecular weight is 377 g/mol. The van der Waals surface area contributed by atoms with Gasteiger partial charge in [0.1, 0.15) is 5.75 Å². The maximum absolute atomic E-state index is 5.78. The van der Waals surface area contributed by atoms with Crippen molar-refractivity contribution in [1.29, 1.82) is 0 Å². The van der Waals surface area contributed by atoms with Crippen LogP contribution in [0.1, 0.15) is 32.8 Å². The molecule has 1 aliphatic heterocycles. The minimum Gasteiger partial charge on any atom is -0.493 e. The first-order valence-electron chi connectivity index (χ1n) is 9.95. The lowest BCUT2D eigenvalue weighted by atomic mass is 10.1. The van der Waals surface area contributed by atoms with E-state index in [2.05, 4.69) is 53.4 Å². The summed E-state index contributed by atoms with van der Waals surface area (Å²) in [5.74, 6) is 2.35. The Kier molecular flexibility index (Phi) is 8.88. The molecule has 2 N–H and O–H groups in total. The highest BCUT2D eigenvalue weighted by atomic mass is 16.5. The monoisotopic (exact) mass is 376 g/mol. The molecule has 1 aromatic carbocycles. The van der Waals surface area contributed by atoms with Crippen molar-refractivity contribution < 1.29 is 9.47 Å². The van der Waals surface area contributed by atoms with Crippen LogP contribution in [0.3, 0.4) is 0 Å². The minimum atomic E-state index is 0.425. The lowest BCUT2D eigenvalue weighted by Gasteiger charge is -2.22. The van der Waals surface area contributed by atoms with E-state index in [4.69, 9.17) is 9.47 Å². The van der Waals surface area contributed by atoms with E-state index >= 15 is 0 Å². The summed E-state index contributed by atoms with van der Waals surface area (Å²) < 4.78 is 10.8. The lowest BCUT2D eigenvalue weighted by Crippen LogP contribution is -2.46. The number of likely N-dealkylation sites (tertiary alicyclic amines) is 1. The van der Waals surface area contributed by atoms with Gasteiger partial charge in [0.25, 0.3) is 0 Å². The zero-order valence-corrected chi connectivity index (χ0v) is 17.5. The number of aliphatic imine (C=N–C) groups is 1. The van der Waals surface area contributed by atoms with Crippen molar-refractivity contribution in [1.82, 2.24) is 15.5 Å². The number of hydrogen-bond donors (Lipinski definition) is 2. The van der Waals surface area contributed by atoms with Gasteiger partial charge < -0.3 is 20.1 Å². The highest BCUT2D eigenvalue weighted by molar-refractivity contribution is 5.80. The molecule has 1 heterocycles. The molecule has 1 aromatic rings. The molecule has 0 saturated carbocycles. The van der Waals surface area contributed by atoms with Crippen molar-refractivity contribution >= 4 is 5.96 Å². The Morgan fingerprint density at radius 1 is 1.30 bits per heavy atom. The fourth-order valence-corrected chi connectivity index (χ4v) is 3.31. The van der Waals surface area contributed by atoms with Crippen LogP contribution in [-0.4, -0.2) is 63.4 Å². The number of hydrogen-bond acceptors (Lipinski definition) is 4. The summed E-state index contributed by atoms with van der Waals surface area (Å²) >= 11 is 0. The maximum Gasteiger partial charge on any atom is 0.191 e. The number of methoxy groups -OCH3 is 1. The predicted molar refractivity (Wildman–Crippen MR) is 111 cm³/mol. The number of guanidine groups is 1. The Morgan fingerprint density at radius 3 is 2.78 bits per heavy atom. The zero-order chi connectivity index (χ0) is 19.6. The average Bonchev–Trinajstić information content (AvgIpc) is 3.03. The third-order valence-electron chi connectivity index (χ3n) is 5.04. The quantitative estimate of drug-likeness (QED) is 0.394. The van der Waals surface area contributed by atoms with Crippen molar-refractivity contribution in [2.75, 3.05) is 40.5 Å². The van der Waals surface area contributed by atoms with E-state index in [1.54, 1.807) is 7.11 Å². The van der Waals surface area contributed by atoms with E-state index < -0.39 is 0 Å². The number of ether oxygens (including phenoxy) is 2. The Bertz CT molecular complexity index is 591. The Morgan fingerprint density at radius 2 is 2.11 bits per heavy atom. The van der Waals surface area contributed by atoms with E-state index in [9.17, 15) is 0 Å². The molecule has 6 heteroatoms. The Hall–Kier alpha value is -1.79. The molecule has 0 spiro atoms. The first-order valence-corrected chi connectivity index (χ1v) is 9.95. The molecule has 1 aliphatic rings. The third-order valence-corrected chi connectivity index (χ3v) is 5.04. The molecule has 152 valence electrons. The van der Waals surface area contributed by atoms with E-state index in [1.807, 2.05) is 19.2 Å². The van der Waals surface area contributed by atoms with Crippen molar-refractivity contribution in [2.45, 2.75) is 45.8 Å². The molecule has 2 rings (SSSR count). The fourth-order valence-electron chi connectivity index (χ4n) is 3.31. The van der Waals surface area contributed by atoms with Crippen LogP contribution in [0.5, 0.6) is 5.75 Å². The van der Waals surface area contributed by atoms with E-state index in [1.165, 1.54) is 5.56 Å². The van der Waals surface area contributed by atoms with Gasteiger partial charge in [0.2, 0.25) is 0 Å². The van der Waals surface area contributed by atoms with Gasteiger partial charge in [-0.25, -0.2) is 0 Å². The molecule has 27 heavy (non-hydrogen) atoms. The van der Waals surface area contributed by atoms with Crippen LogP contribution in [0.25, 0.3) is 0 Å². The van der Waals surface area contributed by atoms with Crippen LogP contribution in [0.2, 0.25) is 0 Å². The smallest absolute Gasteiger partial charge is 0.191 e. The Labute approximate surface area is 164 Å². The highest BCUT2D eigenvalue weighted by Gasteiger charge is 2.31. The van der Waals surface area contributed by atoms with Crippen molar-refractivity contribution in [2.24, 2.45) is 10.9 Å². The maximum atomic E-state index is 5.78. The second-order valence-electron chi connectivity index (χ2n) is 7.54. The second-order valence-corrected chi connectivity index (χ2v) is 7.54. The van der Waals surface area contributed by atoms with Gasteiger partial charge in [-0.05, 0) is 37.5 Å². The summed E-state index contributed by atoms with van der Waals surface area (Å²) in [6.45, 7) is 11.1. The normalized spacial score (nSPS) is 20.9. The second kappa shape index (κ2) is 11.1. The van der Waals surface area contributed by atoms with Gasteiger partial charge in [0, 0.05) is 58.9 Å². The molecule has 0 bridgehead atoms. The number of nitrogens with one attached hydrogen (secondary N) is 2. The van der Waals surface area contributed by atoms with Crippen LogP contribution in [-0.2, 0) is 11.3 Å². The molecule has 1 fully saturated rings. The summed E-state index contributed by atoms with van der Waals surface area (Å²) in [7, 11) is 3.53. The molecule has 0 aliphatic carbocycles. The predicted octanol–water partition coefficient (Wildman–Crippen LogP) is 2.50. The van der Waals surface area contributed by atoms with E-state index in [0.29, 0.717) is 31.2 Å². The SMILES string of the molecule is CN=C(NCc1cccc(OCCCOC)c1)NC1CN(C(C)C)CC1C. The topological polar surface area (TPSA) is 58.1 Å². The standard InChI is InChI=1S/C21H36N4O2/c1-16(2)25-14-17(3)20(15-25)24-21(22-4)23-13-18-8-6-9-19(12-18)27-11-7-10-26-5/h6,8-9,12,16-17,20H,7,10-11,13-15H2,1-5H3,(H2,22,23,24). The largest absolute Gasteiger partial charge is 0.493 e. The van der Waals surface area contributed by atoms with Crippen molar-refractivity contribution in [3.05, 3.63) is 29.8 Å². The first-order chi connectivity index (χ1) is 13.0. The van der Waals surface area contributed by atoms with Crippen LogP contribution >= 0.6 is 0 Å². The molecule has 0 radical (unpaired) electrons. The van der Waals surface area contributed by atoms with Crippen LogP contribution in [0, 0.1) is 5.92 Å². The van der Waals surface area contributed by atoms with Gasteiger partial charge in [0.15, 0.2) is 5.96 Å². The molecule has 2 atom stereocenters. The molecule has 1 saturated heterocycles. The molecular weight excluding hydrogens is 340 g/mol. The summed E-state index contributed by atoms with van der Waals surface area (Å²) in [4.78, 5) is 6.91. The number of rotatable bonds is 9. The summed E-state index contributed by atoms with van der Waals surface area (Å²) in [6, 6.07) is 9.20. The zero-order valence-electron chi connectivity index (χ0n) is 17.5.